The number of hydrogen-bond donors (Lipinski definition) is 2. The highest BCUT2D eigenvalue weighted by Gasteiger charge is 2.28. The van der Waals surface area contributed by atoms with Gasteiger partial charge in [-0.1, -0.05) is 30.3 Å². The molecule has 2 N–H and O–H groups in total. The molecule has 0 bridgehead atoms. The molecular weight excluding hydrogens is 328 g/mol. The van der Waals surface area contributed by atoms with Gasteiger partial charge in [-0.3, -0.25) is 4.79 Å². The number of anilines is 1. The van der Waals surface area contributed by atoms with E-state index in [9.17, 15) is 13.2 Å². The second kappa shape index (κ2) is 6.96. The third-order valence-electron chi connectivity index (χ3n) is 3.75. The molecule has 1 aromatic carbocycles. The first kappa shape index (κ1) is 16.4. The van der Waals surface area contributed by atoms with Crippen molar-refractivity contribution in [2.45, 2.75) is 19.0 Å². The maximum atomic E-state index is 12.2. The molecule has 1 aliphatic rings. The van der Waals surface area contributed by atoms with Crippen LogP contribution in [-0.4, -0.2) is 41.8 Å². The summed E-state index contributed by atoms with van der Waals surface area (Å²) in [4.78, 5) is 20.4. The van der Waals surface area contributed by atoms with Crippen molar-refractivity contribution in [1.82, 2.24) is 15.3 Å². The Hall–Kier alpha value is -2.48. The van der Waals surface area contributed by atoms with Crippen molar-refractivity contribution in [2.24, 2.45) is 0 Å². The fourth-order valence-electron chi connectivity index (χ4n) is 2.51. The number of hydrogen-bond acceptors (Lipinski definition) is 6. The summed E-state index contributed by atoms with van der Waals surface area (Å²) in [6.45, 7) is 0.410. The van der Waals surface area contributed by atoms with Crippen molar-refractivity contribution in [3.8, 4) is 0 Å². The van der Waals surface area contributed by atoms with Crippen LogP contribution in [0.25, 0.3) is 0 Å². The second-order valence-corrected chi connectivity index (χ2v) is 7.91. The van der Waals surface area contributed by atoms with E-state index in [1.807, 2.05) is 30.3 Å². The lowest BCUT2D eigenvalue weighted by Crippen LogP contribution is -2.26. The Morgan fingerprint density at radius 2 is 2.00 bits per heavy atom. The lowest BCUT2D eigenvalue weighted by molar-refractivity contribution is 0.0946. The number of amides is 1. The standard InChI is InChI=1S/C16H18N4O3S/c21-15(18-10-12-4-2-1-3-5-12)14-6-8-17-16(20-14)19-13-7-9-24(22,23)11-13/h1-6,8,13H,7,9-11H2,(H,18,21)(H,17,19,20). The number of aromatic nitrogens is 2. The number of nitrogens with one attached hydrogen (secondary N) is 2. The van der Waals surface area contributed by atoms with Crippen LogP contribution in [0.2, 0.25) is 0 Å². The van der Waals surface area contributed by atoms with Gasteiger partial charge in [0.05, 0.1) is 11.5 Å². The molecule has 0 saturated carbocycles. The van der Waals surface area contributed by atoms with Crippen LogP contribution in [0.15, 0.2) is 42.6 Å². The average molecular weight is 346 g/mol. The van der Waals surface area contributed by atoms with Gasteiger partial charge < -0.3 is 10.6 Å². The summed E-state index contributed by atoms with van der Waals surface area (Å²) in [6.07, 6.45) is 2.01. The molecule has 1 aromatic heterocycles. The van der Waals surface area contributed by atoms with Gasteiger partial charge in [-0.2, -0.15) is 0 Å². The van der Waals surface area contributed by atoms with E-state index in [4.69, 9.17) is 0 Å². The van der Waals surface area contributed by atoms with E-state index in [0.29, 0.717) is 13.0 Å². The fraction of sp³-hybridized carbons (Fsp3) is 0.312. The van der Waals surface area contributed by atoms with E-state index in [-0.39, 0.29) is 35.1 Å². The maximum absolute atomic E-state index is 12.2. The van der Waals surface area contributed by atoms with E-state index in [2.05, 4.69) is 20.6 Å². The van der Waals surface area contributed by atoms with Gasteiger partial charge in [0.1, 0.15) is 5.69 Å². The quantitative estimate of drug-likeness (QED) is 0.838. The van der Waals surface area contributed by atoms with Crippen LogP contribution in [0.3, 0.4) is 0 Å². The zero-order valence-electron chi connectivity index (χ0n) is 13.0. The van der Waals surface area contributed by atoms with Gasteiger partial charge in [0.2, 0.25) is 5.95 Å². The zero-order chi connectivity index (χ0) is 17.0. The summed E-state index contributed by atoms with van der Waals surface area (Å²) in [6, 6.07) is 10.9. The monoisotopic (exact) mass is 346 g/mol. The zero-order valence-corrected chi connectivity index (χ0v) is 13.8. The molecule has 1 saturated heterocycles. The highest BCUT2D eigenvalue weighted by atomic mass is 32.2. The highest BCUT2D eigenvalue weighted by Crippen LogP contribution is 2.15. The molecule has 0 spiro atoms. The summed E-state index contributed by atoms with van der Waals surface area (Å²) in [7, 11) is -2.98. The lowest BCUT2D eigenvalue weighted by atomic mass is 10.2. The van der Waals surface area contributed by atoms with Crippen LogP contribution >= 0.6 is 0 Å². The molecule has 1 amide bonds. The van der Waals surface area contributed by atoms with Crippen molar-refractivity contribution in [3.63, 3.8) is 0 Å². The first-order valence-electron chi connectivity index (χ1n) is 7.64. The van der Waals surface area contributed by atoms with Gasteiger partial charge in [-0.15, -0.1) is 0 Å². The van der Waals surface area contributed by atoms with Crippen molar-refractivity contribution in [2.75, 3.05) is 16.8 Å². The van der Waals surface area contributed by atoms with Crippen LogP contribution in [-0.2, 0) is 16.4 Å². The molecule has 24 heavy (non-hydrogen) atoms. The number of benzene rings is 1. The summed E-state index contributed by atoms with van der Waals surface area (Å²) < 4.78 is 23.0. The second-order valence-electron chi connectivity index (χ2n) is 5.68. The molecule has 1 atom stereocenters. The Labute approximate surface area is 140 Å². The minimum Gasteiger partial charge on any atom is -0.350 e. The van der Waals surface area contributed by atoms with Gasteiger partial charge in [-0.05, 0) is 18.1 Å². The minimum atomic E-state index is -2.98. The van der Waals surface area contributed by atoms with Crippen LogP contribution < -0.4 is 10.6 Å². The van der Waals surface area contributed by atoms with Crippen LogP contribution in [0.4, 0.5) is 5.95 Å². The average Bonchev–Trinajstić information content (AvgIpc) is 2.92. The first-order valence-corrected chi connectivity index (χ1v) is 9.46. The topological polar surface area (TPSA) is 101 Å². The summed E-state index contributed by atoms with van der Waals surface area (Å²) in [5.74, 6) is 0.204. The lowest BCUT2D eigenvalue weighted by Gasteiger charge is -2.11. The Morgan fingerprint density at radius 3 is 2.71 bits per heavy atom. The highest BCUT2D eigenvalue weighted by molar-refractivity contribution is 7.91. The summed E-state index contributed by atoms with van der Waals surface area (Å²) >= 11 is 0. The van der Waals surface area contributed by atoms with Crippen molar-refractivity contribution >= 4 is 21.7 Å². The number of sulfone groups is 1. The predicted octanol–water partition coefficient (Wildman–Crippen LogP) is 1.01. The van der Waals surface area contributed by atoms with Crippen LogP contribution in [0.5, 0.6) is 0 Å². The van der Waals surface area contributed by atoms with Gasteiger partial charge in [-0.25, -0.2) is 18.4 Å². The Morgan fingerprint density at radius 1 is 1.21 bits per heavy atom. The van der Waals surface area contributed by atoms with Gasteiger partial charge in [0.15, 0.2) is 9.84 Å². The van der Waals surface area contributed by atoms with E-state index in [0.717, 1.165) is 5.56 Å². The van der Waals surface area contributed by atoms with E-state index in [1.54, 1.807) is 0 Å². The molecule has 1 unspecified atom stereocenters. The fourth-order valence-corrected chi connectivity index (χ4v) is 4.19. The summed E-state index contributed by atoms with van der Waals surface area (Å²) in [5, 5.41) is 5.78. The van der Waals surface area contributed by atoms with Crippen LogP contribution in [0, 0.1) is 0 Å². The molecule has 2 heterocycles. The van der Waals surface area contributed by atoms with E-state index >= 15 is 0 Å². The maximum Gasteiger partial charge on any atom is 0.270 e. The Kier molecular flexibility index (Phi) is 4.75. The molecule has 0 aliphatic carbocycles. The largest absolute Gasteiger partial charge is 0.350 e. The Bertz CT molecular complexity index is 824. The third kappa shape index (κ3) is 4.29. The van der Waals surface area contributed by atoms with Crippen molar-refractivity contribution < 1.29 is 13.2 Å². The molecular formula is C16H18N4O3S. The Balaban J connectivity index is 1.61. The molecule has 2 aromatic rings. The van der Waals surface area contributed by atoms with Crippen molar-refractivity contribution in [1.29, 1.82) is 0 Å². The SMILES string of the molecule is O=C(NCc1ccccc1)c1ccnc(NC2CCS(=O)(=O)C2)n1. The van der Waals surface area contributed by atoms with E-state index in [1.165, 1.54) is 12.3 Å². The molecule has 1 fully saturated rings. The molecule has 8 heteroatoms. The minimum absolute atomic E-state index is 0.0702. The van der Waals surface area contributed by atoms with Gasteiger partial charge in [0.25, 0.3) is 5.91 Å². The number of rotatable bonds is 5. The van der Waals surface area contributed by atoms with Crippen LogP contribution in [0.1, 0.15) is 22.5 Å². The number of nitrogens with zero attached hydrogens (tertiary/aromatic N) is 2. The van der Waals surface area contributed by atoms with Gasteiger partial charge in [0, 0.05) is 18.8 Å². The molecule has 126 valence electrons. The predicted molar refractivity (Wildman–Crippen MR) is 90.3 cm³/mol. The van der Waals surface area contributed by atoms with Gasteiger partial charge >= 0.3 is 0 Å². The molecule has 0 radical (unpaired) electrons. The first-order chi connectivity index (χ1) is 11.5. The molecule has 7 nitrogen and oxygen atoms in total. The van der Waals surface area contributed by atoms with Crippen molar-refractivity contribution in [3.05, 3.63) is 53.9 Å². The smallest absolute Gasteiger partial charge is 0.270 e. The van der Waals surface area contributed by atoms with E-state index < -0.39 is 9.84 Å². The normalized spacial score (nSPS) is 18.9. The number of carbonyl (C=O) groups excluding carboxylic acids is 1. The molecule has 3 rings (SSSR count). The number of carbonyl (C=O) groups is 1. The summed E-state index contributed by atoms with van der Waals surface area (Å²) in [5.41, 5.74) is 1.23. The third-order valence-corrected chi connectivity index (χ3v) is 5.52. The molecule has 1 aliphatic heterocycles.